The summed E-state index contributed by atoms with van der Waals surface area (Å²) in [6, 6.07) is 14.8. The van der Waals surface area contributed by atoms with Crippen molar-refractivity contribution in [3.8, 4) is 16.9 Å². The van der Waals surface area contributed by atoms with Crippen LogP contribution in [0.15, 0.2) is 48.5 Å². The van der Waals surface area contributed by atoms with Crippen molar-refractivity contribution in [2.75, 3.05) is 18.0 Å². The van der Waals surface area contributed by atoms with Gasteiger partial charge >= 0.3 is 5.97 Å². The number of aromatic hydroxyl groups is 1. The van der Waals surface area contributed by atoms with E-state index in [9.17, 15) is 19.1 Å². The molecule has 4 rings (SSSR count). The van der Waals surface area contributed by atoms with Gasteiger partial charge in [0.15, 0.2) is 17.2 Å². The second kappa shape index (κ2) is 11.3. The Balaban J connectivity index is 1.35. The van der Waals surface area contributed by atoms with Crippen LogP contribution in [0.2, 0.25) is 0 Å². The van der Waals surface area contributed by atoms with E-state index < -0.39 is 5.97 Å². The number of carboxylic acids is 1. The zero-order valence-electron chi connectivity index (χ0n) is 20.3. The van der Waals surface area contributed by atoms with Crippen LogP contribution in [0, 0.1) is 18.7 Å². The molecule has 0 spiro atoms. The molecule has 188 valence electrons. The fraction of sp³-hybridized carbons (Fsp3) is 0.357. The predicted octanol–water partition coefficient (Wildman–Crippen LogP) is 5.19. The van der Waals surface area contributed by atoms with E-state index in [1.165, 1.54) is 12.1 Å². The van der Waals surface area contributed by atoms with Gasteiger partial charge in [-0.2, -0.15) is 0 Å². The fourth-order valence-electron chi connectivity index (χ4n) is 4.59. The smallest absolute Gasteiger partial charge is 0.303 e. The molecule has 2 N–H and O–H groups in total. The van der Waals surface area contributed by atoms with Crippen molar-refractivity contribution >= 4 is 17.4 Å². The third-order valence-electron chi connectivity index (χ3n) is 6.66. The SMILES string of the molecule is Cc1nc(CC2CCN(c3ccc(-c4ccc(F)cc4)cc3)CC2)nc(C(=O)CCCC(=O)O)c1O. The number of carbonyl (C=O) groups excluding carboxylic acids is 1. The number of hydrogen-bond donors (Lipinski definition) is 2. The van der Waals surface area contributed by atoms with Crippen LogP contribution in [0.5, 0.6) is 5.75 Å². The van der Waals surface area contributed by atoms with Gasteiger partial charge in [-0.1, -0.05) is 24.3 Å². The molecule has 3 aromatic rings. The molecule has 1 fully saturated rings. The molecule has 2 aromatic carbocycles. The molecule has 1 aromatic heterocycles. The Hall–Kier alpha value is -3.81. The van der Waals surface area contributed by atoms with E-state index >= 15 is 0 Å². The lowest BCUT2D eigenvalue weighted by Gasteiger charge is -2.33. The molecular formula is C28H30FN3O4. The van der Waals surface area contributed by atoms with Gasteiger partial charge in [0.25, 0.3) is 0 Å². The van der Waals surface area contributed by atoms with Gasteiger partial charge < -0.3 is 15.1 Å². The maximum absolute atomic E-state index is 13.2. The maximum atomic E-state index is 13.2. The van der Waals surface area contributed by atoms with Crippen LogP contribution in [0.4, 0.5) is 10.1 Å². The molecule has 0 amide bonds. The second-order valence-electron chi connectivity index (χ2n) is 9.28. The Kier molecular flexibility index (Phi) is 7.93. The molecule has 1 aliphatic rings. The van der Waals surface area contributed by atoms with Crippen LogP contribution < -0.4 is 4.90 Å². The Morgan fingerprint density at radius 3 is 2.19 bits per heavy atom. The molecule has 0 radical (unpaired) electrons. The monoisotopic (exact) mass is 491 g/mol. The van der Waals surface area contributed by atoms with E-state index in [1.807, 2.05) is 0 Å². The number of piperidine rings is 1. The predicted molar refractivity (Wildman–Crippen MR) is 135 cm³/mol. The van der Waals surface area contributed by atoms with Gasteiger partial charge in [0, 0.05) is 38.0 Å². The van der Waals surface area contributed by atoms with Crippen molar-refractivity contribution in [2.24, 2.45) is 5.92 Å². The normalized spacial score (nSPS) is 14.1. The van der Waals surface area contributed by atoms with Crippen molar-refractivity contribution in [3.05, 3.63) is 71.6 Å². The minimum atomic E-state index is -0.957. The lowest BCUT2D eigenvalue weighted by molar-refractivity contribution is -0.137. The van der Waals surface area contributed by atoms with Gasteiger partial charge in [-0.3, -0.25) is 9.59 Å². The lowest BCUT2D eigenvalue weighted by atomic mass is 9.92. The maximum Gasteiger partial charge on any atom is 0.303 e. The van der Waals surface area contributed by atoms with Gasteiger partial charge in [-0.05, 0) is 67.5 Å². The number of anilines is 1. The average molecular weight is 492 g/mol. The van der Waals surface area contributed by atoms with Crippen molar-refractivity contribution < 1.29 is 24.2 Å². The summed E-state index contributed by atoms with van der Waals surface area (Å²) < 4.78 is 13.2. The average Bonchev–Trinajstić information content (AvgIpc) is 2.87. The van der Waals surface area contributed by atoms with Crippen LogP contribution >= 0.6 is 0 Å². The number of hydrogen-bond acceptors (Lipinski definition) is 6. The molecule has 8 heteroatoms. The number of aliphatic carboxylic acids is 1. The first-order valence-electron chi connectivity index (χ1n) is 12.2. The van der Waals surface area contributed by atoms with Crippen molar-refractivity contribution in [3.63, 3.8) is 0 Å². The Labute approximate surface area is 209 Å². The topological polar surface area (TPSA) is 104 Å². The van der Waals surface area contributed by atoms with Crippen molar-refractivity contribution in [2.45, 2.75) is 45.4 Å². The third kappa shape index (κ3) is 6.24. The third-order valence-corrected chi connectivity index (χ3v) is 6.66. The van der Waals surface area contributed by atoms with E-state index in [0.29, 0.717) is 23.9 Å². The van der Waals surface area contributed by atoms with Crippen LogP contribution in [0.25, 0.3) is 11.1 Å². The zero-order chi connectivity index (χ0) is 25.7. The fourth-order valence-corrected chi connectivity index (χ4v) is 4.59. The van der Waals surface area contributed by atoms with Gasteiger partial charge in [0.2, 0.25) is 0 Å². The van der Waals surface area contributed by atoms with Crippen LogP contribution in [-0.4, -0.2) is 45.0 Å². The van der Waals surface area contributed by atoms with Gasteiger partial charge in [0.05, 0.1) is 5.69 Å². The van der Waals surface area contributed by atoms with Gasteiger partial charge in [-0.15, -0.1) is 0 Å². The molecular weight excluding hydrogens is 461 g/mol. The minimum absolute atomic E-state index is 0.0124. The molecule has 0 unspecified atom stereocenters. The highest BCUT2D eigenvalue weighted by Gasteiger charge is 2.23. The standard InChI is InChI=1S/C28H30FN3O4/c1-18-28(36)27(24(33)3-2-4-26(34)35)31-25(30-18)17-19-13-15-32(16-14-19)23-11-7-21(8-12-23)20-5-9-22(29)10-6-20/h5-12,19,36H,2-4,13-17H2,1H3,(H,34,35). The molecule has 0 atom stereocenters. The van der Waals surface area contributed by atoms with Gasteiger partial charge in [0.1, 0.15) is 11.6 Å². The van der Waals surface area contributed by atoms with Crippen LogP contribution in [-0.2, 0) is 11.2 Å². The zero-order valence-corrected chi connectivity index (χ0v) is 20.3. The largest absolute Gasteiger partial charge is 0.504 e. The summed E-state index contributed by atoms with van der Waals surface area (Å²) in [6.45, 7) is 3.42. The summed E-state index contributed by atoms with van der Waals surface area (Å²) in [5.41, 5.74) is 3.51. The van der Waals surface area contributed by atoms with E-state index in [1.54, 1.807) is 19.1 Å². The second-order valence-corrected chi connectivity index (χ2v) is 9.28. The number of aryl methyl sites for hydroxylation is 1. The number of carbonyl (C=O) groups is 2. The summed E-state index contributed by atoms with van der Waals surface area (Å²) in [7, 11) is 0. The highest BCUT2D eigenvalue weighted by atomic mass is 19.1. The van der Waals surface area contributed by atoms with E-state index in [4.69, 9.17) is 5.11 Å². The minimum Gasteiger partial charge on any atom is -0.504 e. The van der Waals surface area contributed by atoms with E-state index in [-0.39, 0.29) is 42.3 Å². The first-order valence-corrected chi connectivity index (χ1v) is 12.2. The summed E-state index contributed by atoms with van der Waals surface area (Å²) in [5.74, 6) is -0.892. The van der Waals surface area contributed by atoms with Gasteiger partial charge in [-0.25, -0.2) is 14.4 Å². The summed E-state index contributed by atoms with van der Waals surface area (Å²) in [6.07, 6.45) is 2.64. The quantitative estimate of drug-likeness (QED) is 0.397. The number of aromatic nitrogens is 2. The number of rotatable bonds is 9. The molecule has 7 nitrogen and oxygen atoms in total. The lowest BCUT2D eigenvalue weighted by Crippen LogP contribution is -2.34. The number of Topliss-reactive ketones (excluding diaryl/α,β-unsaturated/α-hetero) is 1. The molecule has 1 saturated heterocycles. The number of nitrogens with zero attached hydrogens (tertiary/aromatic N) is 3. The summed E-state index contributed by atoms with van der Waals surface area (Å²) in [5, 5.41) is 19.1. The Morgan fingerprint density at radius 2 is 1.58 bits per heavy atom. The Bertz CT molecular complexity index is 1220. The molecule has 0 aliphatic carbocycles. The summed E-state index contributed by atoms with van der Waals surface area (Å²) >= 11 is 0. The number of ketones is 1. The number of halogens is 1. The number of carboxylic acid groups (broad SMARTS) is 1. The molecule has 2 heterocycles. The molecule has 1 aliphatic heterocycles. The first-order chi connectivity index (χ1) is 17.3. The van der Waals surface area contributed by atoms with Crippen LogP contribution in [0.3, 0.4) is 0 Å². The molecule has 36 heavy (non-hydrogen) atoms. The van der Waals surface area contributed by atoms with E-state index in [2.05, 4.69) is 39.1 Å². The van der Waals surface area contributed by atoms with Crippen LogP contribution in [0.1, 0.15) is 54.1 Å². The number of benzene rings is 2. The Morgan fingerprint density at radius 1 is 0.972 bits per heavy atom. The van der Waals surface area contributed by atoms with Crippen molar-refractivity contribution in [1.82, 2.24) is 9.97 Å². The van der Waals surface area contributed by atoms with Crippen molar-refractivity contribution in [1.29, 1.82) is 0 Å². The first kappa shape index (κ1) is 25.3. The van der Waals surface area contributed by atoms with E-state index in [0.717, 1.165) is 42.7 Å². The summed E-state index contributed by atoms with van der Waals surface area (Å²) in [4.78, 5) is 34.3. The highest BCUT2D eigenvalue weighted by molar-refractivity contribution is 5.97. The molecule has 0 saturated carbocycles. The molecule has 0 bridgehead atoms. The highest BCUT2D eigenvalue weighted by Crippen LogP contribution is 2.29.